The Bertz CT molecular complexity index is 1040. The van der Waals surface area contributed by atoms with Crippen LogP contribution in [0.4, 0.5) is 0 Å². The molecule has 1 amide bonds. The highest BCUT2D eigenvalue weighted by Gasteiger charge is 2.22. The number of benzene rings is 1. The zero-order chi connectivity index (χ0) is 29.0. The van der Waals surface area contributed by atoms with Gasteiger partial charge in [-0.05, 0) is 88.3 Å². The van der Waals surface area contributed by atoms with E-state index in [2.05, 4.69) is 53.5 Å². The van der Waals surface area contributed by atoms with Crippen LogP contribution in [-0.4, -0.2) is 24.1 Å². The summed E-state index contributed by atoms with van der Waals surface area (Å²) < 4.78 is 5.95. The summed E-state index contributed by atoms with van der Waals surface area (Å²) in [5.41, 5.74) is 15.9. The van der Waals surface area contributed by atoms with Crippen molar-refractivity contribution in [3.05, 3.63) is 47.2 Å². The number of hydrogen-bond acceptors (Lipinski definition) is 4. The third-order valence-corrected chi connectivity index (χ3v) is 6.53. The maximum Gasteiger partial charge on any atom is 0.248 e. The second kappa shape index (κ2) is 15.5. The number of hydrogen-bond donors (Lipinski definition) is 2. The SMILES string of the molecule is C\C=C/N=C(N)\C(C)=C(\N=C(C)C(CCC(C)CC(C)(C)C)CC(C)C)c1ccc(C(N)=O)cc1OCC. The summed E-state index contributed by atoms with van der Waals surface area (Å²) in [4.78, 5) is 21.5. The standard InChI is InChI=1S/C32H52N4O2/c1-11-17-35-30(33)23(6)29(27-16-15-26(31(34)37)19-28(27)38-12-2)36-24(7)25(18-21(3)4)14-13-22(5)20-32(8,9)10/h11,15-17,19,21-22,25H,12-14,18,20H2,1-10H3,(H2,33,35)(H2,34,37)/b17-11-,29-23+,36-24?. The van der Waals surface area contributed by atoms with Gasteiger partial charge in [0.1, 0.15) is 11.6 Å². The van der Waals surface area contributed by atoms with Crippen LogP contribution in [0.3, 0.4) is 0 Å². The average Bonchev–Trinajstić information content (AvgIpc) is 2.82. The lowest BCUT2D eigenvalue weighted by molar-refractivity contribution is 0.1000. The number of carbonyl (C=O) groups excluding carboxylic acids is 1. The first-order valence-corrected chi connectivity index (χ1v) is 14.0. The number of aliphatic imine (C=N–C) groups is 2. The first kappa shape index (κ1) is 33.1. The summed E-state index contributed by atoms with van der Waals surface area (Å²) in [5, 5.41) is 0. The molecular formula is C32H52N4O2. The molecule has 1 aromatic rings. The molecule has 0 saturated carbocycles. The molecule has 0 heterocycles. The molecule has 1 aromatic carbocycles. The zero-order valence-electron chi connectivity index (χ0n) is 25.5. The fraction of sp³-hybridized carbons (Fsp3) is 0.594. The Balaban J connectivity index is 3.66. The van der Waals surface area contributed by atoms with Gasteiger partial charge in [-0.2, -0.15) is 0 Å². The van der Waals surface area contributed by atoms with Crippen LogP contribution >= 0.6 is 0 Å². The predicted octanol–water partition coefficient (Wildman–Crippen LogP) is 7.78. The number of carbonyl (C=O) groups is 1. The lowest BCUT2D eigenvalue weighted by Gasteiger charge is -2.26. The molecule has 2 unspecified atom stereocenters. The fourth-order valence-electron chi connectivity index (χ4n) is 4.83. The van der Waals surface area contributed by atoms with Crippen molar-refractivity contribution in [1.29, 1.82) is 0 Å². The molecule has 212 valence electrons. The van der Waals surface area contributed by atoms with E-state index in [4.69, 9.17) is 21.2 Å². The lowest BCUT2D eigenvalue weighted by Crippen LogP contribution is -2.19. The van der Waals surface area contributed by atoms with E-state index in [1.54, 1.807) is 18.3 Å². The van der Waals surface area contributed by atoms with Crippen molar-refractivity contribution < 1.29 is 9.53 Å². The topological polar surface area (TPSA) is 103 Å². The van der Waals surface area contributed by atoms with E-state index in [-0.39, 0.29) is 0 Å². The van der Waals surface area contributed by atoms with E-state index in [9.17, 15) is 4.79 Å². The van der Waals surface area contributed by atoms with Gasteiger partial charge in [-0.1, -0.05) is 54.0 Å². The summed E-state index contributed by atoms with van der Waals surface area (Å²) in [6, 6.07) is 5.22. The van der Waals surface area contributed by atoms with Crippen LogP contribution in [0.2, 0.25) is 0 Å². The molecule has 0 aliphatic carbocycles. The number of amidine groups is 1. The summed E-state index contributed by atoms with van der Waals surface area (Å²) in [7, 11) is 0. The molecule has 4 N–H and O–H groups in total. The highest BCUT2D eigenvalue weighted by molar-refractivity contribution is 6.06. The highest BCUT2D eigenvalue weighted by Crippen LogP contribution is 2.34. The predicted molar refractivity (Wildman–Crippen MR) is 164 cm³/mol. The molecule has 0 bridgehead atoms. The van der Waals surface area contributed by atoms with Gasteiger partial charge in [-0.3, -0.25) is 9.79 Å². The molecule has 0 aliphatic heterocycles. The van der Waals surface area contributed by atoms with Crippen LogP contribution in [-0.2, 0) is 0 Å². The maximum atomic E-state index is 11.9. The van der Waals surface area contributed by atoms with Crippen LogP contribution in [0.5, 0.6) is 5.75 Å². The van der Waals surface area contributed by atoms with Gasteiger partial charge < -0.3 is 16.2 Å². The Kier molecular flexibility index (Phi) is 13.5. The second-order valence-corrected chi connectivity index (χ2v) is 12.0. The van der Waals surface area contributed by atoms with Crippen molar-refractivity contribution in [3.63, 3.8) is 0 Å². The molecule has 38 heavy (non-hydrogen) atoms. The Morgan fingerprint density at radius 2 is 1.76 bits per heavy atom. The molecule has 0 radical (unpaired) electrons. The van der Waals surface area contributed by atoms with Crippen LogP contribution < -0.4 is 16.2 Å². The minimum Gasteiger partial charge on any atom is -0.493 e. The van der Waals surface area contributed by atoms with E-state index in [0.717, 1.165) is 36.1 Å². The van der Waals surface area contributed by atoms with E-state index in [1.807, 2.05) is 32.9 Å². The first-order chi connectivity index (χ1) is 17.7. The quantitative estimate of drug-likeness (QED) is 0.192. The van der Waals surface area contributed by atoms with Gasteiger partial charge in [-0.25, -0.2) is 4.99 Å². The van der Waals surface area contributed by atoms with Crippen molar-refractivity contribution in [1.82, 2.24) is 0 Å². The zero-order valence-corrected chi connectivity index (χ0v) is 25.5. The summed E-state index contributed by atoms with van der Waals surface area (Å²) >= 11 is 0. The number of allylic oxidation sites excluding steroid dienone is 1. The van der Waals surface area contributed by atoms with Crippen LogP contribution in [0, 0.1) is 23.2 Å². The summed E-state index contributed by atoms with van der Waals surface area (Å²) in [6.45, 7) is 22.1. The van der Waals surface area contributed by atoms with E-state index < -0.39 is 5.91 Å². The summed E-state index contributed by atoms with van der Waals surface area (Å²) in [6.07, 6.45) is 8.00. The van der Waals surface area contributed by atoms with Crippen LogP contribution in [0.25, 0.3) is 5.70 Å². The van der Waals surface area contributed by atoms with Crippen molar-refractivity contribution in [2.24, 2.45) is 44.6 Å². The lowest BCUT2D eigenvalue weighted by atomic mass is 9.81. The van der Waals surface area contributed by atoms with Gasteiger partial charge in [-0.15, -0.1) is 0 Å². The molecule has 6 nitrogen and oxygen atoms in total. The second-order valence-electron chi connectivity index (χ2n) is 12.0. The Morgan fingerprint density at radius 1 is 1.11 bits per heavy atom. The number of nitrogens with two attached hydrogens (primary N) is 2. The van der Waals surface area contributed by atoms with Crippen LogP contribution in [0.1, 0.15) is 111 Å². The molecule has 6 heteroatoms. The number of primary amides is 1. The van der Waals surface area contributed by atoms with Gasteiger partial charge >= 0.3 is 0 Å². The molecule has 0 spiro atoms. The molecule has 0 saturated heterocycles. The van der Waals surface area contributed by atoms with Gasteiger partial charge in [0, 0.05) is 28.6 Å². The third-order valence-electron chi connectivity index (χ3n) is 6.53. The Morgan fingerprint density at radius 3 is 2.29 bits per heavy atom. The summed E-state index contributed by atoms with van der Waals surface area (Å²) in [5.74, 6) is 1.96. The monoisotopic (exact) mass is 524 g/mol. The number of rotatable bonds is 14. The Labute approximate surface area is 231 Å². The number of nitrogens with zero attached hydrogens (tertiary/aromatic N) is 2. The fourth-order valence-corrected chi connectivity index (χ4v) is 4.83. The third kappa shape index (κ3) is 11.2. The first-order valence-electron chi connectivity index (χ1n) is 14.0. The minimum atomic E-state index is -0.505. The normalized spacial score (nSPS) is 15.6. The van der Waals surface area contributed by atoms with Gasteiger partial charge in [0.05, 0.1) is 12.3 Å². The van der Waals surface area contributed by atoms with Crippen molar-refractivity contribution in [3.8, 4) is 5.75 Å². The molecular weight excluding hydrogens is 472 g/mol. The minimum absolute atomic E-state index is 0.319. The van der Waals surface area contributed by atoms with E-state index in [1.165, 1.54) is 6.42 Å². The molecule has 0 aliphatic rings. The molecule has 0 fully saturated rings. The van der Waals surface area contributed by atoms with Crippen LogP contribution in [0.15, 0.2) is 46.0 Å². The van der Waals surface area contributed by atoms with Crippen molar-refractivity contribution in [2.75, 3.05) is 6.61 Å². The highest BCUT2D eigenvalue weighted by atomic mass is 16.5. The van der Waals surface area contributed by atoms with Gasteiger partial charge in [0.2, 0.25) is 5.91 Å². The van der Waals surface area contributed by atoms with Gasteiger partial charge in [0.25, 0.3) is 0 Å². The molecule has 1 rings (SSSR count). The smallest absolute Gasteiger partial charge is 0.248 e. The molecule has 2 atom stereocenters. The van der Waals surface area contributed by atoms with E-state index in [0.29, 0.717) is 52.6 Å². The largest absolute Gasteiger partial charge is 0.493 e. The van der Waals surface area contributed by atoms with E-state index >= 15 is 0 Å². The van der Waals surface area contributed by atoms with Gasteiger partial charge in [0.15, 0.2) is 0 Å². The number of ether oxygens (including phenoxy) is 1. The Hall–Kier alpha value is -2.89. The molecule has 0 aromatic heterocycles. The van der Waals surface area contributed by atoms with Crippen molar-refractivity contribution >= 4 is 23.2 Å². The van der Waals surface area contributed by atoms with Crippen molar-refractivity contribution in [2.45, 2.75) is 94.9 Å². The number of amides is 1. The maximum absolute atomic E-state index is 11.9. The average molecular weight is 525 g/mol.